The molecule has 244 valence electrons. The van der Waals surface area contributed by atoms with Crippen LogP contribution in [-0.4, -0.2) is 4.98 Å². The van der Waals surface area contributed by atoms with E-state index in [1.165, 1.54) is 21.5 Å². The summed E-state index contributed by atoms with van der Waals surface area (Å²) in [6.45, 7) is 0. The first-order chi connectivity index (χ1) is 25.8. The van der Waals surface area contributed by atoms with Crippen LogP contribution in [0.4, 0.5) is 17.1 Å². The highest BCUT2D eigenvalue weighted by Gasteiger charge is 2.19. The summed E-state index contributed by atoms with van der Waals surface area (Å²) in [5.74, 6) is 0. The van der Waals surface area contributed by atoms with E-state index in [0.29, 0.717) is 0 Å². The molecule has 3 nitrogen and oxygen atoms in total. The van der Waals surface area contributed by atoms with Crippen LogP contribution in [0.25, 0.3) is 77.0 Å². The van der Waals surface area contributed by atoms with Crippen molar-refractivity contribution >= 4 is 60.5 Å². The van der Waals surface area contributed by atoms with Gasteiger partial charge < -0.3 is 9.32 Å². The largest absolute Gasteiger partial charge is 0.456 e. The lowest BCUT2D eigenvalue weighted by molar-refractivity contribution is 0.669. The second kappa shape index (κ2) is 12.4. The second-order valence-corrected chi connectivity index (χ2v) is 13.2. The SMILES string of the molecule is c1ccc(-c2ccc(-c3cccc4oc5cc(-c6ccc(N(c7ccccc7)c7ccc8ccccc8c7)cc6)c6ccccc6c5c34)cn2)cc1. The predicted octanol–water partition coefficient (Wildman–Crippen LogP) is 13.8. The Labute approximate surface area is 301 Å². The van der Waals surface area contributed by atoms with E-state index >= 15 is 0 Å². The van der Waals surface area contributed by atoms with Crippen molar-refractivity contribution in [3.05, 3.63) is 194 Å². The molecule has 10 rings (SSSR count). The van der Waals surface area contributed by atoms with Crippen LogP contribution in [0.2, 0.25) is 0 Å². The fraction of sp³-hybridized carbons (Fsp3) is 0. The van der Waals surface area contributed by atoms with Gasteiger partial charge in [-0.25, -0.2) is 0 Å². The molecule has 2 heterocycles. The third-order valence-corrected chi connectivity index (χ3v) is 10.1. The zero-order valence-electron chi connectivity index (χ0n) is 28.3. The first-order valence-corrected chi connectivity index (χ1v) is 17.6. The molecule has 10 aromatic rings. The molecule has 52 heavy (non-hydrogen) atoms. The minimum Gasteiger partial charge on any atom is -0.456 e. The topological polar surface area (TPSA) is 29.3 Å². The smallest absolute Gasteiger partial charge is 0.136 e. The standard InChI is InChI=1S/C49H32N2O/c1-3-13-35(14-4-1)45-29-25-37(32-50-45)41-20-11-21-46-48(41)49-43-19-10-9-18-42(43)44(31-47(49)52-46)34-23-26-39(27-24-34)51(38-16-5-2-6-17-38)40-28-22-33-12-7-8-15-36(33)30-40/h1-32H. The van der Waals surface area contributed by atoms with Crippen LogP contribution in [0.5, 0.6) is 0 Å². The van der Waals surface area contributed by atoms with Gasteiger partial charge in [0.25, 0.3) is 0 Å². The van der Waals surface area contributed by atoms with E-state index in [1.54, 1.807) is 0 Å². The van der Waals surface area contributed by atoms with Crippen molar-refractivity contribution in [2.45, 2.75) is 0 Å². The van der Waals surface area contributed by atoms with Crippen LogP contribution >= 0.6 is 0 Å². The molecule has 2 aromatic heterocycles. The summed E-state index contributed by atoms with van der Waals surface area (Å²) in [6, 6.07) is 66.4. The Morgan fingerprint density at radius 3 is 1.85 bits per heavy atom. The molecule has 0 fully saturated rings. The maximum Gasteiger partial charge on any atom is 0.136 e. The van der Waals surface area contributed by atoms with E-state index in [2.05, 4.69) is 175 Å². The quantitative estimate of drug-likeness (QED) is 0.177. The van der Waals surface area contributed by atoms with E-state index in [0.717, 1.165) is 72.5 Å². The lowest BCUT2D eigenvalue weighted by Gasteiger charge is -2.26. The van der Waals surface area contributed by atoms with Crippen LogP contribution in [0.15, 0.2) is 199 Å². The van der Waals surface area contributed by atoms with Crippen LogP contribution in [-0.2, 0) is 0 Å². The number of pyridine rings is 1. The number of hydrogen-bond donors (Lipinski definition) is 0. The van der Waals surface area contributed by atoms with Crippen molar-refractivity contribution < 1.29 is 4.42 Å². The van der Waals surface area contributed by atoms with E-state index in [1.807, 2.05) is 24.4 Å². The lowest BCUT2D eigenvalue weighted by atomic mass is 9.93. The van der Waals surface area contributed by atoms with E-state index in [-0.39, 0.29) is 0 Å². The highest BCUT2D eigenvalue weighted by atomic mass is 16.3. The molecule has 0 radical (unpaired) electrons. The van der Waals surface area contributed by atoms with Gasteiger partial charge in [0.05, 0.1) is 5.69 Å². The zero-order valence-corrected chi connectivity index (χ0v) is 28.3. The number of aromatic nitrogens is 1. The third-order valence-electron chi connectivity index (χ3n) is 10.1. The van der Waals surface area contributed by atoms with E-state index in [9.17, 15) is 0 Å². The van der Waals surface area contributed by atoms with Gasteiger partial charge in [0, 0.05) is 45.2 Å². The Balaban J connectivity index is 1.09. The van der Waals surface area contributed by atoms with Gasteiger partial charge in [0.15, 0.2) is 0 Å². The lowest BCUT2D eigenvalue weighted by Crippen LogP contribution is -2.09. The highest BCUT2D eigenvalue weighted by molar-refractivity contribution is 6.25. The predicted molar refractivity (Wildman–Crippen MR) is 218 cm³/mol. The molecule has 0 N–H and O–H groups in total. The maximum absolute atomic E-state index is 6.66. The monoisotopic (exact) mass is 664 g/mol. The maximum atomic E-state index is 6.66. The molecule has 0 aliphatic heterocycles. The Morgan fingerprint density at radius 1 is 0.385 bits per heavy atom. The van der Waals surface area contributed by atoms with E-state index < -0.39 is 0 Å². The second-order valence-electron chi connectivity index (χ2n) is 13.2. The van der Waals surface area contributed by atoms with Crippen LogP contribution in [0, 0.1) is 0 Å². The Hall–Kier alpha value is -6.97. The van der Waals surface area contributed by atoms with Crippen molar-refractivity contribution in [3.63, 3.8) is 0 Å². The molecule has 8 aromatic carbocycles. The van der Waals surface area contributed by atoms with Crippen LogP contribution in [0.1, 0.15) is 0 Å². The summed E-state index contributed by atoms with van der Waals surface area (Å²) >= 11 is 0. The molecule has 0 spiro atoms. The molecular weight excluding hydrogens is 633 g/mol. The van der Waals surface area contributed by atoms with Crippen LogP contribution in [0.3, 0.4) is 0 Å². The van der Waals surface area contributed by atoms with Gasteiger partial charge in [0.1, 0.15) is 11.2 Å². The highest BCUT2D eigenvalue weighted by Crippen LogP contribution is 2.44. The van der Waals surface area contributed by atoms with Gasteiger partial charge in [0.2, 0.25) is 0 Å². The number of furan rings is 1. The summed E-state index contributed by atoms with van der Waals surface area (Å²) in [5.41, 5.74) is 11.6. The van der Waals surface area contributed by atoms with Gasteiger partial charge >= 0.3 is 0 Å². The molecule has 0 aliphatic carbocycles. The number of nitrogens with zero attached hydrogens (tertiary/aromatic N) is 2. The number of para-hydroxylation sites is 1. The summed E-state index contributed by atoms with van der Waals surface area (Å²) in [4.78, 5) is 7.17. The number of anilines is 3. The molecule has 0 saturated carbocycles. The Kier molecular flexibility index (Phi) is 7.14. The molecule has 0 aliphatic rings. The minimum absolute atomic E-state index is 0.867. The number of benzene rings is 8. The molecule has 0 amide bonds. The van der Waals surface area contributed by atoms with Crippen molar-refractivity contribution in [2.75, 3.05) is 4.90 Å². The summed E-state index contributed by atoms with van der Waals surface area (Å²) in [5, 5.41) is 7.03. The molecule has 0 atom stereocenters. The first-order valence-electron chi connectivity index (χ1n) is 17.6. The zero-order chi connectivity index (χ0) is 34.4. The molecule has 0 bridgehead atoms. The van der Waals surface area contributed by atoms with Gasteiger partial charge in [-0.2, -0.15) is 0 Å². The Morgan fingerprint density at radius 2 is 1.06 bits per heavy atom. The van der Waals surface area contributed by atoms with E-state index in [4.69, 9.17) is 9.40 Å². The number of fused-ring (bicyclic) bond motifs is 6. The minimum atomic E-state index is 0.867. The van der Waals surface area contributed by atoms with Crippen molar-refractivity contribution in [2.24, 2.45) is 0 Å². The van der Waals surface area contributed by atoms with Crippen molar-refractivity contribution in [1.29, 1.82) is 0 Å². The summed E-state index contributed by atoms with van der Waals surface area (Å²) in [7, 11) is 0. The average molecular weight is 665 g/mol. The first kappa shape index (κ1) is 29.9. The van der Waals surface area contributed by atoms with Gasteiger partial charge in [-0.15, -0.1) is 0 Å². The van der Waals surface area contributed by atoms with Gasteiger partial charge in [-0.3, -0.25) is 4.98 Å². The Bertz CT molecular complexity index is 2880. The molecule has 3 heteroatoms. The average Bonchev–Trinajstić information content (AvgIpc) is 3.61. The third kappa shape index (κ3) is 5.10. The summed E-state index contributed by atoms with van der Waals surface area (Å²) in [6.07, 6.45) is 1.98. The van der Waals surface area contributed by atoms with Crippen LogP contribution < -0.4 is 4.90 Å². The van der Waals surface area contributed by atoms with Crippen molar-refractivity contribution in [3.8, 4) is 33.5 Å². The van der Waals surface area contributed by atoms with Gasteiger partial charge in [-0.1, -0.05) is 133 Å². The molecule has 0 saturated heterocycles. The summed E-state index contributed by atoms with van der Waals surface area (Å²) < 4.78 is 6.66. The fourth-order valence-electron chi connectivity index (χ4n) is 7.62. The van der Waals surface area contributed by atoms with Crippen molar-refractivity contribution in [1.82, 2.24) is 4.98 Å². The number of hydrogen-bond acceptors (Lipinski definition) is 3. The number of rotatable bonds is 6. The molecule has 0 unspecified atom stereocenters. The normalized spacial score (nSPS) is 11.5. The fourth-order valence-corrected chi connectivity index (χ4v) is 7.62. The van der Waals surface area contributed by atoms with Gasteiger partial charge in [-0.05, 0) is 92.8 Å². The molecular formula is C49H32N2O.